The van der Waals surface area contributed by atoms with E-state index < -0.39 is 0 Å². The number of imidazole rings is 1. The summed E-state index contributed by atoms with van der Waals surface area (Å²) >= 11 is 17.9. The lowest BCUT2D eigenvalue weighted by atomic mass is 10.3. The summed E-state index contributed by atoms with van der Waals surface area (Å²) in [5.74, 6) is -0.388. The predicted octanol–water partition coefficient (Wildman–Crippen LogP) is 4.42. The molecule has 0 radical (unpaired) electrons. The van der Waals surface area contributed by atoms with Crippen LogP contribution in [0.3, 0.4) is 0 Å². The van der Waals surface area contributed by atoms with Crippen molar-refractivity contribution in [1.29, 1.82) is 0 Å². The first-order valence-corrected chi connectivity index (χ1v) is 8.68. The summed E-state index contributed by atoms with van der Waals surface area (Å²) in [4.78, 5) is 25.0. The minimum absolute atomic E-state index is 0.136. The highest BCUT2D eigenvalue weighted by molar-refractivity contribution is 6.44. The standard InChI is InChI=1S/C17H14Cl3N3O2/c1-2-22-14-5-3-4-6-15(14)23(17(22)25)9-16(24)21-13-8-11(19)10(18)7-12(13)20/h3-8H,2,9H2,1H3,(H,21,24). The second-order valence-corrected chi connectivity index (χ2v) is 6.62. The van der Waals surface area contributed by atoms with Crippen LogP contribution in [0.1, 0.15) is 6.92 Å². The first-order valence-electron chi connectivity index (χ1n) is 7.54. The van der Waals surface area contributed by atoms with E-state index in [1.54, 1.807) is 4.57 Å². The molecule has 0 aliphatic carbocycles. The lowest BCUT2D eigenvalue weighted by Gasteiger charge is -2.09. The Morgan fingerprint density at radius 2 is 1.60 bits per heavy atom. The van der Waals surface area contributed by atoms with E-state index in [0.29, 0.717) is 22.8 Å². The van der Waals surface area contributed by atoms with Crippen molar-refractivity contribution in [2.24, 2.45) is 0 Å². The Morgan fingerprint density at radius 1 is 1.00 bits per heavy atom. The topological polar surface area (TPSA) is 56.0 Å². The van der Waals surface area contributed by atoms with Crippen molar-refractivity contribution in [1.82, 2.24) is 9.13 Å². The molecule has 0 fully saturated rings. The number of carbonyl (C=O) groups is 1. The number of aromatic nitrogens is 2. The normalized spacial score (nSPS) is 11.0. The molecule has 0 aliphatic rings. The summed E-state index contributed by atoms with van der Waals surface area (Å²) in [6.07, 6.45) is 0. The summed E-state index contributed by atoms with van der Waals surface area (Å²) in [7, 11) is 0. The van der Waals surface area contributed by atoms with Crippen LogP contribution in [0.2, 0.25) is 15.1 Å². The van der Waals surface area contributed by atoms with E-state index in [9.17, 15) is 9.59 Å². The smallest absolute Gasteiger partial charge is 0.323 e. The van der Waals surface area contributed by atoms with Gasteiger partial charge in [-0.25, -0.2) is 4.79 Å². The number of amides is 1. The molecule has 0 unspecified atom stereocenters. The minimum atomic E-state index is -0.388. The Hall–Kier alpha value is -1.95. The highest BCUT2D eigenvalue weighted by Crippen LogP contribution is 2.32. The van der Waals surface area contributed by atoms with Crippen LogP contribution in [-0.4, -0.2) is 15.0 Å². The third-order valence-electron chi connectivity index (χ3n) is 3.83. The van der Waals surface area contributed by atoms with Crippen molar-refractivity contribution in [3.63, 3.8) is 0 Å². The molecule has 3 aromatic rings. The number of hydrogen-bond donors (Lipinski definition) is 1. The maximum atomic E-state index is 12.6. The average molecular weight is 399 g/mol. The van der Waals surface area contributed by atoms with Gasteiger partial charge < -0.3 is 5.32 Å². The Bertz CT molecular complexity index is 1020. The highest BCUT2D eigenvalue weighted by atomic mass is 35.5. The summed E-state index contributed by atoms with van der Waals surface area (Å²) in [6, 6.07) is 10.3. The number of benzene rings is 2. The van der Waals surface area contributed by atoms with Gasteiger partial charge >= 0.3 is 5.69 Å². The maximum Gasteiger partial charge on any atom is 0.329 e. The van der Waals surface area contributed by atoms with E-state index in [0.717, 1.165) is 5.52 Å². The van der Waals surface area contributed by atoms with Crippen LogP contribution in [0.5, 0.6) is 0 Å². The molecule has 0 atom stereocenters. The lowest BCUT2D eigenvalue weighted by molar-refractivity contribution is -0.116. The number of rotatable bonds is 4. The molecule has 0 aliphatic heterocycles. The second kappa shape index (κ2) is 7.12. The van der Waals surface area contributed by atoms with Crippen molar-refractivity contribution in [3.05, 3.63) is 62.0 Å². The van der Waals surface area contributed by atoms with Crippen LogP contribution in [0.4, 0.5) is 5.69 Å². The number of aryl methyl sites for hydroxylation is 1. The lowest BCUT2D eigenvalue weighted by Crippen LogP contribution is -2.29. The summed E-state index contributed by atoms with van der Waals surface area (Å²) in [5, 5.41) is 3.51. The molecule has 25 heavy (non-hydrogen) atoms. The van der Waals surface area contributed by atoms with Gasteiger partial charge in [0, 0.05) is 6.54 Å². The summed E-state index contributed by atoms with van der Waals surface area (Å²) in [5.41, 5.74) is 1.59. The third kappa shape index (κ3) is 3.40. The number of carbonyl (C=O) groups excluding carboxylic acids is 1. The minimum Gasteiger partial charge on any atom is -0.323 e. The number of para-hydroxylation sites is 2. The zero-order valence-electron chi connectivity index (χ0n) is 13.2. The van der Waals surface area contributed by atoms with Gasteiger partial charge in [0.05, 0.1) is 31.8 Å². The Morgan fingerprint density at radius 3 is 2.24 bits per heavy atom. The number of nitrogens with zero attached hydrogens (tertiary/aromatic N) is 2. The van der Waals surface area contributed by atoms with Crippen LogP contribution in [0.25, 0.3) is 11.0 Å². The largest absolute Gasteiger partial charge is 0.329 e. The fourth-order valence-electron chi connectivity index (χ4n) is 2.68. The van der Waals surface area contributed by atoms with Crippen molar-refractivity contribution < 1.29 is 4.79 Å². The number of hydrogen-bond acceptors (Lipinski definition) is 2. The van der Waals surface area contributed by atoms with E-state index in [1.807, 2.05) is 31.2 Å². The molecular weight excluding hydrogens is 385 g/mol. The molecular formula is C17H14Cl3N3O2. The average Bonchev–Trinajstić information content (AvgIpc) is 2.84. The number of fused-ring (bicyclic) bond motifs is 1. The van der Waals surface area contributed by atoms with Gasteiger partial charge in [0.1, 0.15) is 6.54 Å². The molecule has 0 spiro atoms. The van der Waals surface area contributed by atoms with E-state index in [-0.39, 0.29) is 28.2 Å². The molecule has 1 N–H and O–H groups in total. The van der Waals surface area contributed by atoms with Gasteiger partial charge in [0.2, 0.25) is 5.91 Å². The summed E-state index contributed by atoms with van der Waals surface area (Å²) < 4.78 is 3.05. The predicted molar refractivity (Wildman–Crippen MR) is 102 cm³/mol. The number of halogens is 3. The molecule has 0 saturated heterocycles. The monoisotopic (exact) mass is 397 g/mol. The molecule has 5 nitrogen and oxygen atoms in total. The second-order valence-electron chi connectivity index (χ2n) is 5.40. The molecule has 0 bridgehead atoms. The van der Waals surface area contributed by atoms with Crippen molar-refractivity contribution in [2.45, 2.75) is 20.0 Å². The van der Waals surface area contributed by atoms with Gasteiger partial charge in [0.15, 0.2) is 0 Å². The van der Waals surface area contributed by atoms with E-state index >= 15 is 0 Å². The highest BCUT2D eigenvalue weighted by Gasteiger charge is 2.15. The Balaban J connectivity index is 1.92. The SMILES string of the molecule is CCn1c(=O)n(CC(=O)Nc2cc(Cl)c(Cl)cc2Cl)c2ccccc21. The van der Waals surface area contributed by atoms with Crippen LogP contribution in [0, 0.1) is 0 Å². The van der Waals surface area contributed by atoms with Crippen LogP contribution in [0.15, 0.2) is 41.2 Å². The van der Waals surface area contributed by atoms with Gasteiger partial charge in [-0.05, 0) is 31.2 Å². The van der Waals surface area contributed by atoms with E-state index in [1.165, 1.54) is 16.7 Å². The van der Waals surface area contributed by atoms with Gasteiger partial charge in [-0.1, -0.05) is 46.9 Å². The van der Waals surface area contributed by atoms with Gasteiger partial charge in [-0.15, -0.1) is 0 Å². The summed E-state index contributed by atoms with van der Waals surface area (Å²) in [6.45, 7) is 2.27. The molecule has 1 heterocycles. The van der Waals surface area contributed by atoms with E-state index in [4.69, 9.17) is 34.8 Å². The van der Waals surface area contributed by atoms with Gasteiger partial charge in [0.25, 0.3) is 0 Å². The number of nitrogens with one attached hydrogen (secondary N) is 1. The molecule has 1 aromatic heterocycles. The first-order chi connectivity index (χ1) is 11.9. The molecule has 1 amide bonds. The van der Waals surface area contributed by atoms with Crippen molar-refractivity contribution in [3.8, 4) is 0 Å². The third-order valence-corrected chi connectivity index (χ3v) is 4.86. The Labute approximate surface area is 158 Å². The molecule has 3 rings (SSSR count). The Kier molecular flexibility index (Phi) is 5.08. The van der Waals surface area contributed by atoms with Crippen LogP contribution < -0.4 is 11.0 Å². The maximum absolute atomic E-state index is 12.6. The zero-order valence-corrected chi connectivity index (χ0v) is 15.5. The first kappa shape index (κ1) is 17.9. The quantitative estimate of drug-likeness (QED) is 0.661. The molecule has 2 aromatic carbocycles. The fraction of sp³-hybridized carbons (Fsp3) is 0.176. The number of anilines is 1. The van der Waals surface area contributed by atoms with Crippen LogP contribution >= 0.6 is 34.8 Å². The van der Waals surface area contributed by atoms with Gasteiger partial charge in [-0.3, -0.25) is 13.9 Å². The fourth-order valence-corrected chi connectivity index (χ4v) is 3.28. The zero-order chi connectivity index (χ0) is 18.1. The molecule has 8 heteroatoms. The van der Waals surface area contributed by atoms with Crippen molar-refractivity contribution in [2.75, 3.05) is 5.32 Å². The van der Waals surface area contributed by atoms with Crippen molar-refractivity contribution >= 4 is 57.4 Å². The van der Waals surface area contributed by atoms with E-state index in [2.05, 4.69) is 5.32 Å². The molecule has 130 valence electrons. The van der Waals surface area contributed by atoms with Crippen LogP contribution in [-0.2, 0) is 17.9 Å². The van der Waals surface area contributed by atoms with Gasteiger partial charge in [-0.2, -0.15) is 0 Å². The molecule has 0 saturated carbocycles.